The van der Waals surface area contributed by atoms with Crippen molar-refractivity contribution in [3.63, 3.8) is 0 Å². The maximum atomic E-state index is 13.1. The summed E-state index contributed by atoms with van der Waals surface area (Å²) in [6.45, 7) is 3.20. The molecule has 0 aliphatic carbocycles. The van der Waals surface area contributed by atoms with Gasteiger partial charge in [0.1, 0.15) is 18.1 Å². The standard InChI is InChI=1S/C26H28BrNO3/c1-2-3-4-10-17-30-24-16-15-21(27)18-22(24)26(29)28-23-13-8-9-14-25(23)31-19-20-11-6-5-7-12-20/h5-9,11-16,18H,2-4,10,17,19H2,1H3,(H,28,29). The van der Waals surface area contributed by atoms with Gasteiger partial charge in [-0.1, -0.05) is 84.6 Å². The number of rotatable bonds is 11. The first-order chi connectivity index (χ1) is 15.2. The van der Waals surface area contributed by atoms with E-state index in [1.165, 1.54) is 12.8 Å². The Morgan fingerprint density at radius 2 is 1.65 bits per heavy atom. The minimum atomic E-state index is -0.236. The molecule has 162 valence electrons. The first-order valence-electron chi connectivity index (χ1n) is 10.7. The summed E-state index contributed by atoms with van der Waals surface area (Å²) >= 11 is 3.46. The topological polar surface area (TPSA) is 47.6 Å². The lowest BCUT2D eigenvalue weighted by atomic mass is 10.1. The minimum Gasteiger partial charge on any atom is -0.493 e. The van der Waals surface area contributed by atoms with Crippen molar-refractivity contribution in [2.75, 3.05) is 11.9 Å². The third-order valence-electron chi connectivity index (χ3n) is 4.81. The second-order valence-corrected chi connectivity index (χ2v) is 8.19. The molecule has 0 spiro atoms. The first-order valence-corrected chi connectivity index (χ1v) is 11.5. The molecule has 0 unspecified atom stereocenters. The van der Waals surface area contributed by atoms with Crippen LogP contribution in [0.3, 0.4) is 0 Å². The van der Waals surface area contributed by atoms with Crippen LogP contribution in [0.15, 0.2) is 77.3 Å². The second kappa shape index (κ2) is 12.2. The molecule has 0 aliphatic heterocycles. The summed E-state index contributed by atoms with van der Waals surface area (Å²) < 4.78 is 12.7. The average molecular weight is 482 g/mol. The summed E-state index contributed by atoms with van der Waals surface area (Å²) in [7, 11) is 0. The van der Waals surface area contributed by atoms with Crippen molar-refractivity contribution in [1.29, 1.82) is 0 Å². The molecule has 0 saturated carbocycles. The molecule has 0 bridgehead atoms. The SMILES string of the molecule is CCCCCCOc1ccc(Br)cc1C(=O)Nc1ccccc1OCc1ccccc1. The Morgan fingerprint density at radius 1 is 0.871 bits per heavy atom. The molecule has 1 amide bonds. The Bertz CT molecular complexity index is 975. The number of carbonyl (C=O) groups excluding carboxylic acids is 1. The fourth-order valence-corrected chi connectivity index (χ4v) is 3.50. The van der Waals surface area contributed by atoms with E-state index in [1.807, 2.05) is 66.7 Å². The highest BCUT2D eigenvalue weighted by molar-refractivity contribution is 9.10. The van der Waals surface area contributed by atoms with Crippen LogP contribution in [0, 0.1) is 0 Å². The van der Waals surface area contributed by atoms with Crippen LogP contribution in [0.1, 0.15) is 48.5 Å². The number of amides is 1. The summed E-state index contributed by atoms with van der Waals surface area (Å²) in [6.07, 6.45) is 4.47. The van der Waals surface area contributed by atoms with Crippen LogP contribution in [0.25, 0.3) is 0 Å². The van der Waals surface area contributed by atoms with E-state index in [9.17, 15) is 4.79 Å². The van der Waals surface area contributed by atoms with Gasteiger partial charge in [0.25, 0.3) is 5.91 Å². The van der Waals surface area contributed by atoms with Crippen LogP contribution < -0.4 is 14.8 Å². The monoisotopic (exact) mass is 481 g/mol. The van der Waals surface area contributed by atoms with E-state index in [2.05, 4.69) is 28.2 Å². The van der Waals surface area contributed by atoms with Gasteiger partial charge >= 0.3 is 0 Å². The molecule has 5 heteroatoms. The molecule has 3 rings (SSSR count). The number of hydrogen-bond donors (Lipinski definition) is 1. The molecule has 3 aromatic rings. The Hall–Kier alpha value is -2.79. The third kappa shape index (κ3) is 7.14. The first kappa shape index (κ1) is 22.9. The molecular formula is C26H28BrNO3. The van der Waals surface area contributed by atoms with E-state index >= 15 is 0 Å². The van der Waals surface area contributed by atoms with E-state index in [0.29, 0.717) is 36.0 Å². The second-order valence-electron chi connectivity index (χ2n) is 7.27. The summed E-state index contributed by atoms with van der Waals surface area (Å²) in [4.78, 5) is 13.1. The van der Waals surface area contributed by atoms with Gasteiger partial charge < -0.3 is 14.8 Å². The normalized spacial score (nSPS) is 10.5. The van der Waals surface area contributed by atoms with Gasteiger partial charge in [0.2, 0.25) is 0 Å². The summed E-state index contributed by atoms with van der Waals surface area (Å²) in [5.74, 6) is 0.970. The number of benzene rings is 3. The van der Waals surface area contributed by atoms with Crippen LogP contribution in [0.2, 0.25) is 0 Å². The van der Waals surface area contributed by atoms with Crippen LogP contribution in [-0.2, 0) is 6.61 Å². The number of ether oxygens (including phenoxy) is 2. The zero-order valence-corrected chi connectivity index (χ0v) is 19.4. The highest BCUT2D eigenvalue weighted by atomic mass is 79.9. The molecule has 0 aliphatic rings. The molecular weight excluding hydrogens is 454 g/mol. The molecule has 0 aromatic heterocycles. The van der Waals surface area contributed by atoms with Crippen LogP contribution in [0.5, 0.6) is 11.5 Å². The lowest BCUT2D eigenvalue weighted by Crippen LogP contribution is -2.15. The number of unbranched alkanes of at least 4 members (excludes halogenated alkanes) is 3. The van der Waals surface area contributed by atoms with E-state index in [4.69, 9.17) is 9.47 Å². The smallest absolute Gasteiger partial charge is 0.259 e. The van der Waals surface area contributed by atoms with Crippen molar-refractivity contribution in [3.05, 3.63) is 88.4 Å². The van der Waals surface area contributed by atoms with Gasteiger partial charge in [-0.25, -0.2) is 0 Å². The minimum absolute atomic E-state index is 0.236. The van der Waals surface area contributed by atoms with E-state index in [1.54, 1.807) is 6.07 Å². The van der Waals surface area contributed by atoms with Gasteiger partial charge in [-0.3, -0.25) is 4.79 Å². The number of anilines is 1. The van der Waals surface area contributed by atoms with Crippen LogP contribution in [0.4, 0.5) is 5.69 Å². The van der Waals surface area contributed by atoms with Gasteiger partial charge in [0.15, 0.2) is 0 Å². The molecule has 3 aromatic carbocycles. The van der Waals surface area contributed by atoms with E-state index in [0.717, 1.165) is 22.9 Å². The zero-order valence-electron chi connectivity index (χ0n) is 17.8. The Balaban J connectivity index is 1.69. The van der Waals surface area contributed by atoms with Crippen molar-refractivity contribution in [1.82, 2.24) is 0 Å². The van der Waals surface area contributed by atoms with Crippen molar-refractivity contribution < 1.29 is 14.3 Å². The summed E-state index contributed by atoms with van der Waals surface area (Å²) in [5, 5.41) is 2.98. The number of halogens is 1. The molecule has 0 saturated heterocycles. The van der Waals surface area contributed by atoms with E-state index < -0.39 is 0 Å². The van der Waals surface area contributed by atoms with Gasteiger partial charge in [-0.15, -0.1) is 0 Å². The van der Waals surface area contributed by atoms with Gasteiger partial charge in [0, 0.05) is 4.47 Å². The Labute approximate surface area is 192 Å². The number of carbonyl (C=O) groups is 1. The average Bonchev–Trinajstić information content (AvgIpc) is 2.80. The quantitative estimate of drug-likeness (QED) is 0.293. The van der Waals surface area contributed by atoms with Gasteiger partial charge in [-0.05, 0) is 42.3 Å². The lowest BCUT2D eigenvalue weighted by Gasteiger charge is -2.15. The van der Waals surface area contributed by atoms with Crippen molar-refractivity contribution in [3.8, 4) is 11.5 Å². The molecule has 0 heterocycles. The predicted molar refractivity (Wildman–Crippen MR) is 129 cm³/mol. The van der Waals surface area contributed by atoms with Gasteiger partial charge in [-0.2, -0.15) is 0 Å². The maximum absolute atomic E-state index is 13.1. The lowest BCUT2D eigenvalue weighted by molar-refractivity contribution is 0.102. The molecule has 0 atom stereocenters. The number of para-hydroxylation sites is 2. The fourth-order valence-electron chi connectivity index (χ4n) is 3.14. The molecule has 4 nitrogen and oxygen atoms in total. The van der Waals surface area contributed by atoms with Crippen molar-refractivity contribution in [2.45, 2.75) is 39.2 Å². The maximum Gasteiger partial charge on any atom is 0.259 e. The summed E-state index contributed by atoms with van der Waals surface area (Å²) in [5.41, 5.74) is 2.18. The number of nitrogens with one attached hydrogen (secondary N) is 1. The van der Waals surface area contributed by atoms with Crippen LogP contribution >= 0.6 is 15.9 Å². The van der Waals surface area contributed by atoms with Crippen molar-refractivity contribution in [2.24, 2.45) is 0 Å². The Morgan fingerprint density at radius 3 is 2.45 bits per heavy atom. The number of hydrogen-bond acceptors (Lipinski definition) is 3. The van der Waals surface area contributed by atoms with Crippen molar-refractivity contribution >= 4 is 27.5 Å². The van der Waals surface area contributed by atoms with E-state index in [-0.39, 0.29) is 5.91 Å². The molecule has 31 heavy (non-hydrogen) atoms. The highest BCUT2D eigenvalue weighted by Gasteiger charge is 2.16. The molecule has 1 N–H and O–H groups in total. The third-order valence-corrected chi connectivity index (χ3v) is 5.31. The molecule has 0 radical (unpaired) electrons. The largest absolute Gasteiger partial charge is 0.493 e. The predicted octanol–water partition coefficient (Wildman–Crippen LogP) is 7.24. The molecule has 0 fully saturated rings. The summed E-state index contributed by atoms with van der Waals surface area (Å²) in [6, 6.07) is 22.9. The Kier molecular flexibility index (Phi) is 8.98. The fraction of sp³-hybridized carbons (Fsp3) is 0.269. The zero-order chi connectivity index (χ0) is 21.9. The van der Waals surface area contributed by atoms with Crippen LogP contribution in [-0.4, -0.2) is 12.5 Å². The van der Waals surface area contributed by atoms with Gasteiger partial charge in [0.05, 0.1) is 17.9 Å². The highest BCUT2D eigenvalue weighted by Crippen LogP contribution is 2.28.